The van der Waals surface area contributed by atoms with Gasteiger partial charge in [-0.25, -0.2) is 0 Å². The van der Waals surface area contributed by atoms with Crippen LogP contribution in [0.25, 0.3) is 0 Å². The van der Waals surface area contributed by atoms with Crippen molar-refractivity contribution in [2.45, 2.75) is 52.6 Å². The molecule has 0 saturated carbocycles. The summed E-state index contributed by atoms with van der Waals surface area (Å²) in [6.07, 6.45) is 3.64. The van der Waals surface area contributed by atoms with Crippen LogP contribution in [0.5, 0.6) is 0 Å². The van der Waals surface area contributed by atoms with Gasteiger partial charge in [-0.05, 0) is 46.2 Å². The molecule has 0 aliphatic carbocycles. The molecule has 1 aromatic rings. The van der Waals surface area contributed by atoms with E-state index in [1.54, 1.807) is 6.26 Å². The second-order valence-electron chi connectivity index (χ2n) is 8.15. The van der Waals surface area contributed by atoms with Gasteiger partial charge in [0, 0.05) is 64.3 Å². The van der Waals surface area contributed by atoms with Gasteiger partial charge < -0.3 is 19.8 Å². The van der Waals surface area contributed by atoms with Crippen LogP contribution >= 0.6 is 0 Å². The first-order chi connectivity index (χ1) is 14.1. The molecule has 0 amide bonds. The third-order valence-corrected chi connectivity index (χ3v) is 5.24. The molecule has 0 bridgehead atoms. The molecule has 0 radical (unpaired) electrons. The Morgan fingerprint density at radius 2 is 1.86 bits per heavy atom. The fraction of sp³-hybridized carbons (Fsp3) is 0.773. The summed E-state index contributed by atoms with van der Waals surface area (Å²) in [7, 11) is 0. The molecule has 166 valence electrons. The molecule has 1 aliphatic rings. The van der Waals surface area contributed by atoms with E-state index in [-0.39, 0.29) is 0 Å². The second-order valence-corrected chi connectivity index (χ2v) is 8.15. The van der Waals surface area contributed by atoms with E-state index in [1.807, 2.05) is 12.1 Å². The molecule has 0 spiro atoms. The van der Waals surface area contributed by atoms with E-state index < -0.39 is 0 Å². The minimum absolute atomic E-state index is 0.539. The normalized spacial score (nSPS) is 16.2. The van der Waals surface area contributed by atoms with Crippen molar-refractivity contribution in [1.82, 2.24) is 20.4 Å². The molecule has 1 saturated heterocycles. The molecule has 29 heavy (non-hydrogen) atoms. The molecule has 7 nitrogen and oxygen atoms in total. The maximum absolute atomic E-state index is 5.42. The summed E-state index contributed by atoms with van der Waals surface area (Å²) in [5.74, 6) is 1.89. The number of ether oxygens (including phenoxy) is 1. The van der Waals surface area contributed by atoms with E-state index in [0.717, 1.165) is 83.6 Å². The van der Waals surface area contributed by atoms with E-state index >= 15 is 0 Å². The maximum atomic E-state index is 5.42. The van der Waals surface area contributed by atoms with Gasteiger partial charge in [0.1, 0.15) is 5.76 Å². The molecule has 0 atom stereocenters. The van der Waals surface area contributed by atoms with Crippen LogP contribution in [0.1, 0.15) is 39.9 Å². The Bertz CT molecular complexity index is 546. The van der Waals surface area contributed by atoms with Crippen LogP contribution < -0.4 is 10.6 Å². The molecule has 7 heteroatoms. The van der Waals surface area contributed by atoms with Crippen LogP contribution in [0.3, 0.4) is 0 Å². The number of nitrogens with zero attached hydrogens (tertiary/aromatic N) is 3. The minimum Gasteiger partial charge on any atom is -0.469 e. The van der Waals surface area contributed by atoms with Crippen molar-refractivity contribution in [2.24, 2.45) is 4.99 Å². The fourth-order valence-corrected chi connectivity index (χ4v) is 3.66. The molecular weight excluding hydrogens is 366 g/mol. The number of rotatable bonds is 12. The van der Waals surface area contributed by atoms with Gasteiger partial charge in [0.2, 0.25) is 0 Å². The lowest BCUT2D eigenvalue weighted by Crippen LogP contribution is -2.45. The van der Waals surface area contributed by atoms with Crippen molar-refractivity contribution in [3.8, 4) is 0 Å². The van der Waals surface area contributed by atoms with E-state index in [9.17, 15) is 0 Å². The lowest BCUT2D eigenvalue weighted by molar-refractivity contribution is 0.0377. The van der Waals surface area contributed by atoms with Crippen LogP contribution in [0.4, 0.5) is 0 Å². The molecule has 1 aliphatic heterocycles. The summed E-state index contributed by atoms with van der Waals surface area (Å²) in [4.78, 5) is 9.75. The lowest BCUT2D eigenvalue weighted by atomic mass is 10.2. The largest absolute Gasteiger partial charge is 0.469 e. The summed E-state index contributed by atoms with van der Waals surface area (Å²) in [6.45, 7) is 17.4. The molecule has 2 N–H and O–H groups in total. The van der Waals surface area contributed by atoms with E-state index in [2.05, 4.69) is 48.1 Å². The van der Waals surface area contributed by atoms with Crippen LogP contribution in [0.15, 0.2) is 27.8 Å². The average molecular weight is 408 g/mol. The number of aliphatic imine (C=N–C) groups is 1. The Labute approximate surface area is 176 Å². The van der Waals surface area contributed by atoms with Gasteiger partial charge in [0.05, 0.1) is 19.5 Å². The molecule has 2 rings (SSSR count). The second kappa shape index (κ2) is 13.6. The summed E-state index contributed by atoms with van der Waals surface area (Å²) >= 11 is 0. The first-order valence-corrected chi connectivity index (χ1v) is 11.2. The van der Waals surface area contributed by atoms with Gasteiger partial charge in [0.15, 0.2) is 5.96 Å². The van der Waals surface area contributed by atoms with Crippen molar-refractivity contribution in [1.29, 1.82) is 0 Å². The molecule has 1 fully saturated rings. The van der Waals surface area contributed by atoms with Crippen LogP contribution in [-0.2, 0) is 11.2 Å². The third kappa shape index (κ3) is 9.65. The molecule has 2 heterocycles. The Hall–Kier alpha value is -1.57. The zero-order valence-corrected chi connectivity index (χ0v) is 18.8. The van der Waals surface area contributed by atoms with Gasteiger partial charge in [-0.1, -0.05) is 0 Å². The zero-order valence-electron chi connectivity index (χ0n) is 18.8. The standard InChI is InChI=1S/C22H41N5O2/c1-19(2)27(20(3)4)13-11-25-22(24-10-8-21-7-5-16-29-21)23-9-6-12-26-14-17-28-18-15-26/h5,7,16,19-20H,6,8-15,17-18H2,1-4H3,(H2,23,24,25). The number of guanidine groups is 1. The number of furan rings is 1. The van der Waals surface area contributed by atoms with Crippen molar-refractivity contribution < 1.29 is 9.15 Å². The van der Waals surface area contributed by atoms with E-state index in [4.69, 9.17) is 14.1 Å². The smallest absolute Gasteiger partial charge is 0.191 e. The predicted octanol–water partition coefficient (Wildman–Crippen LogP) is 2.20. The van der Waals surface area contributed by atoms with Gasteiger partial charge in [-0.3, -0.25) is 14.8 Å². The number of morpholine rings is 1. The molecule has 0 unspecified atom stereocenters. The molecular formula is C22H41N5O2. The number of hydrogen-bond donors (Lipinski definition) is 2. The zero-order chi connectivity index (χ0) is 20.9. The van der Waals surface area contributed by atoms with E-state index in [0.29, 0.717) is 12.1 Å². The van der Waals surface area contributed by atoms with Crippen molar-refractivity contribution in [3.63, 3.8) is 0 Å². The highest BCUT2D eigenvalue weighted by Gasteiger charge is 2.13. The average Bonchev–Trinajstić information content (AvgIpc) is 3.21. The number of hydrogen-bond acceptors (Lipinski definition) is 5. The van der Waals surface area contributed by atoms with Gasteiger partial charge in [0.25, 0.3) is 0 Å². The predicted molar refractivity (Wildman–Crippen MR) is 120 cm³/mol. The Morgan fingerprint density at radius 1 is 1.14 bits per heavy atom. The van der Waals surface area contributed by atoms with Crippen LogP contribution in [-0.4, -0.2) is 86.9 Å². The fourth-order valence-electron chi connectivity index (χ4n) is 3.66. The Balaban J connectivity index is 1.77. The highest BCUT2D eigenvalue weighted by Crippen LogP contribution is 2.03. The van der Waals surface area contributed by atoms with Crippen molar-refractivity contribution in [2.75, 3.05) is 59.0 Å². The van der Waals surface area contributed by atoms with Crippen molar-refractivity contribution in [3.05, 3.63) is 24.2 Å². The quantitative estimate of drug-likeness (QED) is 0.315. The van der Waals surface area contributed by atoms with E-state index in [1.165, 1.54) is 0 Å². The topological polar surface area (TPSA) is 65.3 Å². The highest BCUT2D eigenvalue weighted by molar-refractivity contribution is 5.79. The molecule has 0 aromatic carbocycles. The van der Waals surface area contributed by atoms with Crippen LogP contribution in [0.2, 0.25) is 0 Å². The highest BCUT2D eigenvalue weighted by atomic mass is 16.5. The third-order valence-electron chi connectivity index (χ3n) is 5.24. The first kappa shape index (κ1) is 23.7. The summed E-state index contributed by atoms with van der Waals surface area (Å²) in [5, 5.41) is 6.97. The van der Waals surface area contributed by atoms with Crippen molar-refractivity contribution >= 4 is 5.96 Å². The van der Waals surface area contributed by atoms with Gasteiger partial charge in [-0.2, -0.15) is 0 Å². The Morgan fingerprint density at radius 3 is 2.52 bits per heavy atom. The van der Waals surface area contributed by atoms with Gasteiger partial charge >= 0.3 is 0 Å². The SMILES string of the molecule is CC(C)N(CCNC(=NCCCN1CCOCC1)NCCc1ccco1)C(C)C. The minimum atomic E-state index is 0.539. The summed E-state index contributed by atoms with van der Waals surface area (Å²) in [5.41, 5.74) is 0. The number of nitrogens with one attached hydrogen (secondary N) is 2. The monoisotopic (exact) mass is 407 g/mol. The van der Waals surface area contributed by atoms with Gasteiger partial charge in [-0.15, -0.1) is 0 Å². The summed E-state index contributed by atoms with van der Waals surface area (Å²) < 4.78 is 10.8. The lowest BCUT2D eigenvalue weighted by Gasteiger charge is -2.30. The Kier molecular flexibility index (Phi) is 11.1. The summed E-state index contributed by atoms with van der Waals surface area (Å²) in [6, 6.07) is 5.02. The first-order valence-electron chi connectivity index (χ1n) is 11.2. The maximum Gasteiger partial charge on any atom is 0.191 e. The van der Waals surface area contributed by atoms with Crippen LogP contribution in [0, 0.1) is 0 Å². The molecule has 1 aromatic heterocycles.